The van der Waals surface area contributed by atoms with Crippen LogP contribution in [0.15, 0.2) is 18.7 Å². The van der Waals surface area contributed by atoms with E-state index in [1.165, 1.54) is 19.3 Å². The number of nitrogens with zero attached hydrogens (tertiary/aromatic N) is 5. The van der Waals surface area contributed by atoms with Gasteiger partial charge in [0.25, 0.3) is 0 Å². The second-order valence-corrected chi connectivity index (χ2v) is 5.56. The number of nitrogen functional groups attached to an aromatic ring is 1. The Kier molecular flexibility index (Phi) is 3.96. The summed E-state index contributed by atoms with van der Waals surface area (Å²) in [5.74, 6) is 8.27. The van der Waals surface area contributed by atoms with Gasteiger partial charge in [-0.3, -0.25) is 9.99 Å². The molecule has 2 aromatic heterocycles. The number of rotatable bonds is 5. The number of nitrogens with one attached hydrogen (secondary N) is 2. The first kappa shape index (κ1) is 13.7. The molecule has 8 heteroatoms. The minimum Gasteiger partial charge on any atom is -0.354 e. The lowest BCUT2D eigenvalue weighted by atomic mass is 10.1. The summed E-state index contributed by atoms with van der Waals surface area (Å²) >= 11 is 0. The van der Waals surface area contributed by atoms with Crippen molar-refractivity contribution in [2.24, 2.45) is 17.7 Å². The van der Waals surface area contributed by atoms with Crippen LogP contribution in [0.2, 0.25) is 0 Å². The van der Waals surface area contributed by atoms with Crippen molar-refractivity contribution in [3.8, 4) is 5.95 Å². The van der Waals surface area contributed by atoms with Gasteiger partial charge in [0.05, 0.1) is 0 Å². The Labute approximate surface area is 123 Å². The molecule has 0 saturated heterocycles. The van der Waals surface area contributed by atoms with Crippen LogP contribution in [0.1, 0.15) is 26.2 Å². The number of hydrazine groups is 1. The summed E-state index contributed by atoms with van der Waals surface area (Å²) in [5, 5.41) is 3.29. The molecule has 0 aliphatic heterocycles. The zero-order valence-corrected chi connectivity index (χ0v) is 12.0. The summed E-state index contributed by atoms with van der Waals surface area (Å²) in [7, 11) is 0. The van der Waals surface area contributed by atoms with Crippen LogP contribution in [0.4, 0.5) is 11.9 Å². The third-order valence-corrected chi connectivity index (χ3v) is 3.84. The molecule has 1 fully saturated rings. The topological polar surface area (TPSA) is 107 Å². The van der Waals surface area contributed by atoms with Crippen molar-refractivity contribution in [3.05, 3.63) is 18.7 Å². The number of hydrogen-bond acceptors (Lipinski definition) is 7. The predicted molar refractivity (Wildman–Crippen MR) is 79.8 cm³/mol. The normalized spacial score (nSPS) is 21.4. The van der Waals surface area contributed by atoms with Crippen molar-refractivity contribution >= 4 is 11.9 Å². The van der Waals surface area contributed by atoms with Crippen LogP contribution in [0.5, 0.6) is 0 Å². The second-order valence-electron chi connectivity index (χ2n) is 5.56. The Morgan fingerprint density at radius 1 is 1.29 bits per heavy atom. The molecule has 8 nitrogen and oxygen atoms in total. The average Bonchev–Trinajstić information content (AvgIpc) is 3.16. The van der Waals surface area contributed by atoms with Gasteiger partial charge in [0, 0.05) is 18.9 Å². The zero-order chi connectivity index (χ0) is 14.7. The number of anilines is 2. The van der Waals surface area contributed by atoms with Crippen molar-refractivity contribution < 1.29 is 0 Å². The second kappa shape index (κ2) is 6.04. The lowest BCUT2D eigenvalue weighted by Gasteiger charge is -2.12. The molecule has 112 valence electrons. The quantitative estimate of drug-likeness (QED) is 0.560. The predicted octanol–water partition coefficient (Wildman–Crippen LogP) is 1.19. The maximum absolute atomic E-state index is 5.42. The van der Waals surface area contributed by atoms with Gasteiger partial charge in [0.2, 0.25) is 17.8 Å². The van der Waals surface area contributed by atoms with Crippen LogP contribution in [0, 0.1) is 11.8 Å². The van der Waals surface area contributed by atoms with Crippen molar-refractivity contribution in [3.63, 3.8) is 0 Å². The fraction of sp³-hybridized carbons (Fsp3) is 0.538. The van der Waals surface area contributed by atoms with Gasteiger partial charge >= 0.3 is 0 Å². The van der Waals surface area contributed by atoms with E-state index >= 15 is 0 Å². The maximum Gasteiger partial charge on any atom is 0.243 e. The molecule has 4 N–H and O–H groups in total. The highest BCUT2D eigenvalue weighted by atomic mass is 15.4. The van der Waals surface area contributed by atoms with Crippen molar-refractivity contribution in [2.45, 2.75) is 26.2 Å². The highest BCUT2D eigenvalue weighted by molar-refractivity contribution is 5.37. The molecular formula is C13H20N8. The molecule has 0 aromatic carbocycles. The molecule has 2 heterocycles. The third kappa shape index (κ3) is 3.27. The molecular weight excluding hydrogens is 268 g/mol. The summed E-state index contributed by atoms with van der Waals surface area (Å²) in [6.45, 7) is 3.18. The van der Waals surface area contributed by atoms with Crippen LogP contribution in [0.3, 0.4) is 0 Å². The molecule has 0 amide bonds. The molecule has 21 heavy (non-hydrogen) atoms. The Hall–Kier alpha value is -2.22. The van der Waals surface area contributed by atoms with Crippen LogP contribution >= 0.6 is 0 Å². The minimum atomic E-state index is 0.330. The third-order valence-electron chi connectivity index (χ3n) is 3.84. The van der Waals surface area contributed by atoms with Crippen LogP contribution in [-0.2, 0) is 0 Å². The molecule has 2 atom stereocenters. The summed E-state index contributed by atoms with van der Waals surface area (Å²) in [6.07, 6.45) is 8.91. The molecule has 2 aromatic rings. The van der Waals surface area contributed by atoms with E-state index in [4.69, 9.17) is 5.84 Å². The number of nitrogens with two attached hydrogens (primary N) is 1. The molecule has 0 bridgehead atoms. The lowest BCUT2D eigenvalue weighted by Crippen LogP contribution is -2.18. The highest BCUT2D eigenvalue weighted by Gasteiger charge is 2.21. The largest absolute Gasteiger partial charge is 0.354 e. The van der Waals surface area contributed by atoms with E-state index in [0.29, 0.717) is 23.8 Å². The first-order chi connectivity index (χ1) is 10.2. The van der Waals surface area contributed by atoms with Gasteiger partial charge in [-0.2, -0.15) is 15.0 Å². The molecule has 1 saturated carbocycles. The van der Waals surface area contributed by atoms with Gasteiger partial charge in [-0.1, -0.05) is 13.3 Å². The first-order valence-electron chi connectivity index (χ1n) is 7.19. The van der Waals surface area contributed by atoms with Gasteiger partial charge in [0.15, 0.2) is 0 Å². The molecule has 2 unspecified atom stereocenters. The Morgan fingerprint density at radius 2 is 2.14 bits per heavy atom. The smallest absolute Gasteiger partial charge is 0.243 e. The van der Waals surface area contributed by atoms with Crippen LogP contribution in [0.25, 0.3) is 5.95 Å². The van der Waals surface area contributed by atoms with E-state index in [1.807, 2.05) is 0 Å². The van der Waals surface area contributed by atoms with Crippen LogP contribution < -0.4 is 16.6 Å². The zero-order valence-electron chi connectivity index (χ0n) is 12.0. The van der Waals surface area contributed by atoms with Gasteiger partial charge in [-0.05, 0) is 24.7 Å². The number of aromatic nitrogens is 5. The summed E-state index contributed by atoms with van der Waals surface area (Å²) in [5.41, 5.74) is 2.47. The van der Waals surface area contributed by atoms with E-state index in [-0.39, 0.29) is 0 Å². The van der Waals surface area contributed by atoms with E-state index in [2.05, 4.69) is 37.6 Å². The number of imidazole rings is 1. The fourth-order valence-corrected chi connectivity index (χ4v) is 2.75. The first-order valence-corrected chi connectivity index (χ1v) is 7.19. The average molecular weight is 288 g/mol. The summed E-state index contributed by atoms with van der Waals surface area (Å²) < 4.78 is 1.71. The van der Waals surface area contributed by atoms with Crippen molar-refractivity contribution in [1.82, 2.24) is 24.5 Å². The van der Waals surface area contributed by atoms with Gasteiger partial charge in [0.1, 0.15) is 6.33 Å². The maximum atomic E-state index is 5.42. The Balaban J connectivity index is 1.73. The highest BCUT2D eigenvalue weighted by Crippen LogP contribution is 2.30. The van der Waals surface area contributed by atoms with E-state index < -0.39 is 0 Å². The molecule has 0 spiro atoms. The fourth-order valence-electron chi connectivity index (χ4n) is 2.75. The Bertz CT molecular complexity index is 582. The van der Waals surface area contributed by atoms with Gasteiger partial charge in [-0.25, -0.2) is 10.8 Å². The minimum absolute atomic E-state index is 0.330. The standard InChI is InChI=1S/C13H20N8/c1-9-2-3-10(6-9)7-16-11-17-12(20-14)19-13(18-11)21-5-4-15-8-21/h4-5,8-10H,2-3,6-7,14H2,1H3,(H2,16,17,18,19,20). The van der Waals surface area contributed by atoms with Crippen LogP contribution in [-0.4, -0.2) is 31.0 Å². The van der Waals surface area contributed by atoms with E-state index in [1.54, 1.807) is 23.3 Å². The number of hydrogen-bond donors (Lipinski definition) is 3. The summed E-state index contributed by atoms with van der Waals surface area (Å²) in [6, 6.07) is 0. The molecule has 1 aliphatic rings. The summed E-state index contributed by atoms with van der Waals surface area (Å²) in [4.78, 5) is 16.8. The lowest BCUT2D eigenvalue weighted by molar-refractivity contribution is 0.535. The molecule has 1 aliphatic carbocycles. The van der Waals surface area contributed by atoms with Crippen molar-refractivity contribution in [2.75, 3.05) is 17.3 Å². The SMILES string of the molecule is CC1CCC(CNc2nc(NN)nc(-n3ccnc3)n2)C1. The van der Waals surface area contributed by atoms with E-state index in [9.17, 15) is 0 Å². The van der Waals surface area contributed by atoms with E-state index in [0.717, 1.165) is 12.5 Å². The monoisotopic (exact) mass is 288 g/mol. The molecule has 3 rings (SSSR count). The van der Waals surface area contributed by atoms with Gasteiger partial charge < -0.3 is 5.32 Å². The van der Waals surface area contributed by atoms with Gasteiger partial charge in [-0.15, -0.1) is 0 Å². The molecule has 0 radical (unpaired) electrons. The Morgan fingerprint density at radius 3 is 2.81 bits per heavy atom. The van der Waals surface area contributed by atoms with Crippen molar-refractivity contribution in [1.29, 1.82) is 0 Å².